The number of Topliss-reactive ketones (excluding diaryl/α,β-unsaturated/α-hetero) is 1. The molecule has 9 nitrogen and oxygen atoms in total. The van der Waals surface area contributed by atoms with Crippen LogP contribution in [0.4, 0.5) is 4.39 Å². The van der Waals surface area contributed by atoms with Gasteiger partial charge in [-0.1, -0.05) is 11.6 Å². The van der Waals surface area contributed by atoms with Crippen LogP contribution in [0, 0.1) is 5.82 Å². The van der Waals surface area contributed by atoms with Crippen LogP contribution in [0.15, 0.2) is 36.4 Å². The van der Waals surface area contributed by atoms with Crippen LogP contribution in [0.25, 0.3) is 0 Å². The molecule has 1 amide bonds. The number of halogens is 2. The van der Waals surface area contributed by atoms with Crippen molar-refractivity contribution in [1.29, 1.82) is 0 Å². The summed E-state index contributed by atoms with van der Waals surface area (Å²) in [7, 11) is -3.32. The SMILES string of the molecule is COP(=O)(O)OCOC1C(NC(=O)c2ccc(F)c(Cl)c2)c2cc(C(C)=O)ccc2OC1(C)C. The number of amides is 1. The van der Waals surface area contributed by atoms with Crippen LogP contribution in [0.1, 0.15) is 53.1 Å². The molecular weight excluding hydrogens is 492 g/mol. The van der Waals surface area contributed by atoms with E-state index in [1.807, 2.05) is 0 Å². The van der Waals surface area contributed by atoms with Crippen LogP contribution in [0.2, 0.25) is 5.02 Å². The first kappa shape index (κ1) is 26.3. The Hall–Kier alpha value is -2.33. The fourth-order valence-corrected chi connectivity index (χ4v) is 4.02. The van der Waals surface area contributed by atoms with Crippen LogP contribution in [0.3, 0.4) is 0 Å². The lowest BCUT2D eigenvalue weighted by Gasteiger charge is -2.44. The van der Waals surface area contributed by atoms with Crippen molar-refractivity contribution in [3.63, 3.8) is 0 Å². The number of benzene rings is 2. The zero-order chi connectivity index (χ0) is 25.3. The van der Waals surface area contributed by atoms with E-state index in [1.54, 1.807) is 32.0 Å². The molecule has 0 radical (unpaired) electrons. The van der Waals surface area contributed by atoms with Gasteiger partial charge in [0.15, 0.2) is 12.6 Å². The van der Waals surface area contributed by atoms with Gasteiger partial charge in [0.1, 0.15) is 23.3 Å². The van der Waals surface area contributed by atoms with E-state index < -0.39 is 44.1 Å². The summed E-state index contributed by atoms with van der Waals surface area (Å²) < 4.78 is 46.2. The Morgan fingerprint density at radius 3 is 2.53 bits per heavy atom. The number of fused-ring (bicyclic) bond motifs is 1. The molecule has 3 rings (SSSR count). The van der Waals surface area contributed by atoms with Gasteiger partial charge < -0.3 is 19.7 Å². The Kier molecular flexibility index (Phi) is 7.82. The number of nitrogens with one attached hydrogen (secondary N) is 1. The first-order valence-electron chi connectivity index (χ1n) is 10.1. The average Bonchev–Trinajstić information content (AvgIpc) is 2.76. The summed E-state index contributed by atoms with van der Waals surface area (Å²) in [6.07, 6.45) is -0.945. The van der Waals surface area contributed by atoms with Crippen LogP contribution >= 0.6 is 19.4 Å². The maximum absolute atomic E-state index is 13.6. The fraction of sp³-hybridized carbons (Fsp3) is 0.364. The van der Waals surface area contributed by atoms with Gasteiger partial charge in [0, 0.05) is 23.8 Å². The smallest absolute Gasteiger partial charge is 0.474 e. The molecule has 0 spiro atoms. The molecule has 2 N–H and O–H groups in total. The molecule has 3 atom stereocenters. The second-order valence-corrected chi connectivity index (χ2v) is 10.0. The van der Waals surface area contributed by atoms with Gasteiger partial charge in [-0.2, -0.15) is 0 Å². The van der Waals surface area contributed by atoms with Crippen molar-refractivity contribution in [3.8, 4) is 5.75 Å². The zero-order valence-corrected chi connectivity index (χ0v) is 20.5. The third-order valence-corrected chi connectivity index (χ3v) is 6.46. The Balaban J connectivity index is 2.00. The standard InChI is InChI=1S/C22H24ClFNO8P/c1-12(26)13-6-8-18-15(9-13)19(25-21(27)14-5-7-17(24)16(23)10-14)20(22(2,3)33-18)31-11-32-34(28,29)30-4/h5-10,19-20H,11H2,1-4H3,(H,25,27)(H,28,29). The van der Waals surface area contributed by atoms with Crippen molar-refractivity contribution in [1.82, 2.24) is 5.32 Å². The Morgan fingerprint density at radius 2 is 1.91 bits per heavy atom. The van der Waals surface area contributed by atoms with Gasteiger partial charge in [-0.25, -0.2) is 8.96 Å². The molecule has 1 aliphatic heterocycles. The second-order valence-electron chi connectivity index (χ2n) is 8.08. The van der Waals surface area contributed by atoms with Crippen molar-refractivity contribution < 1.29 is 42.0 Å². The molecule has 3 unspecified atom stereocenters. The topological polar surface area (TPSA) is 120 Å². The molecule has 34 heavy (non-hydrogen) atoms. The van der Waals surface area contributed by atoms with Crippen molar-refractivity contribution >= 4 is 31.1 Å². The molecule has 184 valence electrons. The minimum absolute atomic E-state index is 0.0919. The molecule has 1 aliphatic rings. The molecular formula is C22H24ClFNO8P. The molecule has 0 aromatic heterocycles. The van der Waals surface area contributed by atoms with Crippen LogP contribution in [0.5, 0.6) is 5.75 Å². The van der Waals surface area contributed by atoms with Gasteiger partial charge >= 0.3 is 7.82 Å². The number of hydrogen-bond acceptors (Lipinski definition) is 7. The number of carbonyl (C=O) groups is 2. The van der Waals surface area contributed by atoms with E-state index in [4.69, 9.17) is 25.6 Å². The monoisotopic (exact) mass is 515 g/mol. The van der Waals surface area contributed by atoms with E-state index in [-0.39, 0.29) is 16.4 Å². The van der Waals surface area contributed by atoms with E-state index in [9.17, 15) is 23.4 Å². The highest BCUT2D eigenvalue weighted by molar-refractivity contribution is 7.47. The highest BCUT2D eigenvalue weighted by atomic mass is 35.5. The van der Waals surface area contributed by atoms with Crippen molar-refractivity contribution in [3.05, 3.63) is 63.9 Å². The highest BCUT2D eigenvalue weighted by Crippen LogP contribution is 2.44. The van der Waals surface area contributed by atoms with Gasteiger partial charge in [-0.3, -0.25) is 18.6 Å². The van der Waals surface area contributed by atoms with Crippen LogP contribution in [-0.4, -0.2) is 42.2 Å². The summed E-state index contributed by atoms with van der Waals surface area (Å²) >= 11 is 5.82. The number of phosphoric acid groups is 1. The summed E-state index contributed by atoms with van der Waals surface area (Å²) in [5.74, 6) is -1.07. The maximum Gasteiger partial charge on any atom is 0.474 e. The number of rotatable bonds is 8. The van der Waals surface area contributed by atoms with E-state index >= 15 is 0 Å². The first-order chi connectivity index (χ1) is 15.8. The lowest BCUT2D eigenvalue weighted by atomic mass is 9.85. The first-order valence-corrected chi connectivity index (χ1v) is 12.0. The Morgan fingerprint density at radius 1 is 1.24 bits per heavy atom. The lowest BCUT2D eigenvalue weighted by Crippen LogP contribution is -2.55. The number of hydrogen-bond donors (Lipinski definition) is 2. The van der Waals surface area contributed by atoms with Gasteiger partial charge in [0.25, 0.3) is 5.91 Å². The van der Waals surface area contributed by atoms with Crippen LogP contribution < -0.4 is 10.1 Å². The molecule has 0 bridgehead atoms. The zero-order valence-electron chi connectivity index (χ0n) is 18.8. The number of phosphoric ester groups is 1. The van der Waals surface area contributed by atoms with E-state index in [1.165, 1.54) is 19.1 Å². The molecule has 2 aromatic rings. The van der Waals surface area contributed by atoms with E-state index in [0.717, 1.165) is 13.2 Å². The predicted molar refractivity (Wildman–Crippen MR) is 120 cm³/mol. The largest absolute Gasteiger partial charge is 0.485 e. The second kappa shape index (κ2) is 10.1. The maximum atomic E-state index is 13.6. The third kappa shape index (κ3) is 5.83. The van der Waals surface area contributed by atoms with Crippen molar-refractivity contribution in [2.45, 2.75) is 38.5 Å². The molecule has 1 heterocycles. The van der Waals surface area contributed by atoms with Gasteiger partial charge in [-0.05, 0) is 57.2 Å². The third-order valence-electron chi connectivity index (χ3n) is 5.27. The molecule has 0 fully saturated rings. The molecule has 0 saturated carbocycles. The number of ether oxygens (including phenoxy) is 2. The summed E-state index contributed by atoms with van der Waals surface area (Å²) in [5, 5.41) is 2.59. The average molecular weight is 516 g/mol. The molecule has 0 aliphatic carbocycles. The Labute approximate surface area is 200 Å². The molecule has 2 aromatic carbocycles. The summed E-state index contributed by atoms with van der Waals surface area (Å²) in [6, 6.07) is 7.41. The highest BCUT2D eigenvalue weighted by Gasteiger charge is 2.46. The van der Waals surface area contributed by atoms with Gasteiger partial charge in [0.05, 0.1) is 11.1 Å². The lowest BCUT2D eigenvalue weighted by molar-refractivity contribution is -0.141. The Bertz CT molecular complexity index is 1160. The summed E-state index contributed by atoms with van der Waals surface area (Å²) in [6.45, 7) is 4.13. The number of ketones is 1. The summed E-state index contributed by atoms with van der Waals surface area (Å²) in [5.41, 5.74) is -0.147. The predicted octanol–water partition coefficient (Wildman–Crippen LogP) is 4.43. The van der Waals surface area contributed by atoms with Gasteiger partial charge in [-0.15, -0.1) is 0 Å². The summed E-state index contributed by atoms with van der Waals surface area (Å²) in [4.78, 5) is 34.5. The van der Waals surface area contributed by atoms with Crippen LogP contribution in [-0.2, 0) is 18.3 Å². The van der Waals surface area contributed by atoms with E-state index in [2.05, 4.69) is 9.84 Å². The van der Waals surface area contributed by atoms with Gasteiger partial charge in [0.2, 0.25) is 0 Å². The molecule has 0 saturated heterocycles. The van der Waals surface area contributed by atoms with E-state index in [0.29, 0.717) is 16.9 Å². The van der Waals surface area contributed by atoms with Crippen molar-refractivity contribution in [2.24, 2.45) is 0 Å². The molecule has 12 heteroatoms. The minimum Gasteiger partial charge on any atom is -0.485 e. The quantitative estimate of drug-likeness (QED) is 0.301. The number of carbonyl (C=O) groups excluding carboxylic acids is 2. The van der Waals surface area contributed by atoms with Crippen molar-refractivity contribution in [2.75, 3.05) is 13.9 Å². The fourth-order valence-electron chi connectivity index (χ4n) is 3.54. The minimum atomic E-state index is -4.32. The normalized spacial score (nSPS) is 20.6.